The number of rotatable bonds is 0. The number of fused-ring (bicyclic) bond motifs is 1. The molecule has 0 saturated heterocycles. The first-order valence-corrected chi connectivity index (χ1v) is 2.94. The van der Waals surface area contributed by atoms with Gasteiger partial charge in [0.15, 0.2) is 0 Å². The van der Waals surface area contributed by atoms with Crippen molar-refractivity contribution in [2.24, 2.45) is 9.98 Å². The van der Waals surface area contributed by atoms with Gasteiger partial charge in [-0.3, -0.25) is 4.99 Å². The maximum absolute atomic E-state index is 5.59. The summed E-state index contributed by atoms with van der Waals surface area (Å²) in [7, 11) is 0. The molecule has 0 atom stereocenters. The maximum atomic E-state index is 5.59. The van der Waals surface area contributed by atoms with Gasteiger partial charge in [0, 0.05) is 11.8 Å². The van der Waals surface area contributed by atoms with E-state index in [-0.39, 0.29) is 0 Å². The summed E-state index contributed by atoms with van der Waals surface area (Å²) in [5.74, 6) is 0. The van der Waals surface area contributed by atoms with Crippen LogP contribution in [-0.2, 0) is 0 Å². The van der Waals surface area contributed by atoms with Gasteiger partial charge in [0.2, 0.25) is 0 Å². The van der Waals surface area contributed by atoms with Crippen molar-refractivity contribution < 1.29 is 0 Å². The Morgan fingerprint density at radius 3 is 3.11 bits per heavy atom. The van der Waals surface area contributed by atoms with E-state index in [1.54, 1.807) is 18.5 Å². The Labute approximate surface area is 57.3 Å². The molecule has 2 aliphatic rings. The van der Waals surface area contributed by atoms with Crippen molar-refractivity contribution in [2.75, 3.05) is 0 Å². The molecular weight excluding hydrogens is 136 g/mol. The van der Waals surface area contributed by atoms with Crippen LogP contribution in [0, 0.1) is 0 Å². The first-order chi connectivity index (χ1) is 4.36. The SMILES string of the molecule is ClC1=CC2=CN=CC2=N1. The van der Waals surface area contributed by atoms with E-state index >= 15 is 0 Å². The summed E-state index contributed by atoms with van der Waals surface area (Å²) in [6.45, 7) is 0. The predicted octanol–water partition coefficient (Wildman–Crippen LogP) is 1.49. The third kappa shape index (κ3) is 0.634. The molecule has 2 aliphatic heterocycles. The van der Waals surface area contributed by atoms with Gasteiger partial charge < -0.3 is 0 Å². The van der Waals surface area contributed by atoms with Crippen LogP contribution in [0.15, 0.2) is 33.0 Å². The highest BCUT2D eigenvalue weighted by Crippen LogP contribution is 2.20. The molecule has 0 aromatic heterocycles. The van der Waals surface area contributed by atoms with Gasteiger partial charge in [-0.25, -0.2) is 4.99 Å². The Morgan fingerprint density at radius 2 is 2.33 bits per heavy atom. The van der Waals surface area contributed by atoms with Gasteiger partial charge in [0.05, 0.1) is 11.9 Å². The molecule has 0 N–H and O–H groups in total. The number of hydrogen-bond donors (Lipinski definition) is 0. The van der Waals surface area contributed by atoms with E-state index in [1.165, 1.54) is 0 Å². The van der Waals surface area contributed by atoms with Crippen molar-refractivity contribution in [3.8, 4) is 0 Å². The Balaban J connectivity index is 2.53. The molecule has 0 spiro atoms. The lowest BCUT2D eigenvalue weighted by Crippen LogP contribution is -1.91. The quantitative estimate of drug-likeness (QED) is 0.453. The lowest BCUT2D eigenvalue weighted by atomic mass is 10.2. The molecule has 44 valence electrons. The second-order valence-electron chi connectivity index (χ2n) is 1.83. The van der Waals surface area contributed by atoms with Gasteiger partial charge in [0.1, 0.15) is 5.16 Å². The molecule has 0 unspecified atom stereocenters. The van der Waals surface area contributed by atoms with E-state index in [9.17, 15) is 0 Å². The number of halogens is 1. The highest BCUT2D eigenvalue weighted by Gasteiger charge is 2.13. The summed E-state index contributed by atoms with van der Waals surface area (Å²) >= 11 is 5.59. The fourth-order valence-electron chi connectivity index (χ4n) is 0.809. The zero-order valence-electron chi connectivity index (χ0n) is 4.50. The molecule has 0 fully saturated rings. The van der Waals surface area contributed by atoms with Gasteiger partial charge >= 0.3 is 0 Å². The molecular formula is C6H3ClN2. The van der Waals surface area contributed by atoms with E-state index < -0.39 is 0 Å². The monoisotopic (exact) mass is 138 g/mol. The topological polar surface area (TPSA) is 24.7 Å². The smallest absolute Gasteiger partial charge is 0.130 e. The average molecular weight is 139 g/mol. The first kappa shape index (κ1) is 4.94. The molecule has 2 rings (SSSR count). The van der Waals surface area contributed by atoms with Gasteiger partial charge in [-0.15, -0.1) is 0 Å². The fourth-order valence-corrected chi connectivity index (χ4v) is 1.02. The van der Waals surface area contributed by atoms with Crippen molar-refractivity contribution in [3.05, 3.63) is 23.0 Å². The van der Waals surface area contributed by atoms with Crippen LogP contribution < -0.4 is 0 Å². The van der Waals surface area contributed by atoms with Crippen LogP contribution >= 0.6 is 11.6 Å². The molecule has 0 aromatic carbocycles. The van der Waals surface area contributed by atoms with E-state index in [2.05, 4.69) is 9.98 Å². The summed E-state index contributed by atoms with van der Waals surface area (Å²) in [5.41, 5.74) is 1.89. The highest BCUT2D eigenvalue weighted by atomic mass is 35.5. The minimum Gasteiger partial charge on any atom is -0.262 e. The number of nitrogens with zero attached hydrogens (tertiary/aromatic N) is 2. The van der Waals surface area contributed by atoms with E-state index in [1.807, 2.05) is 0 Å². The largest absolute Gasteiger partial charge is 0.262 e. The standard InChI is InChI=1S/C6H3ClN2/c7-6-1-4-2-8-3-5(4)9-6/h1-3H. The van der Waals surface area contributed by atoms with Crippen molar-refractivity contribution >= 4 is 23.5 Å². The van der Waals surface area contributed by atoms with Crippen LogP contribution in [0.3, 0.4) is 0 Å². The van der Waals surface area contributed by atoms with Gasteiger partial charge in [-0.05, 0) is 6.08 Å². The predicted molar refractivity (Wildman–Crippen MR) is 37.9 cm³/mol. The summed E-state index contributed by atoms with van der Waals surface area (Å²) in [5, 5.41) is 0.544. The molecule has 3 heteroatoms. The average Bonchev–Trinajstić information content (AvgIpc) is 2.22. The van der Waals surface area contributed by atoms with E-state index in [4.69, 9.17) is 11.6 Å². The van der Waals surface area contributed by atoms with Crippen LogP contribution in [-0.4, -0.2) is 11.9 Å². The van der Waals surface area contributed by atoms with Crippen LogP contribution in [0.2, 0.25) is 0 Å². The minimum absolute atomic E-state index is 0.544. The van der Waals surface area contributed by atoms with Crippen LogP contribution in [0.25, 0.3) is 0 Å². The molecule has 0 saturated carbocycles. The molecule has 0 aliphatic carbocycles. The van der Waals surface area contributed by atoms with Crippen LogP contribution in [0.5, 0.6) is 0 Å². The summed E-state index contributed by atoms with van der Waals surface area (Å²) in [6, 6.07) is 0. The zero-order chi connectivity index (χ0) is 6.27. The van der Waals surface area contributed by atoms with Crippen LogP contribution in [0.1, 0.15) is 0 Å². The summed E-state index contributed by atoms with van der Waals surface area (Å²) in [6.07, 6.45) is 5.24. The third-order valence-electron chi connectivity index (χ3n) is 1.21. The Morgan fingerprint density at radius 1 is 1.44 bits per heavy atom. The van der Waals surface area contributed by atoms with Crippen molar-refractivity contribution in [3.63, 3.8) is 0 Å². The normalized spacial score (nSPS) is 21.2. The van der Waals surface area contributed by atoms with Crippen molar-refractivity contribution in [1.82, 2.24) is 0 Å². The lowest BCUT2D eigenvalue weighted by molar-refractivity contribution is 1.56. The first-order valence-electron chi connectivity index (χ1n) is 2.56. The molecule has 2 nitrogen and oxygen atoms in total. The van der Waals surface area contributed by atoms with Gasteiger partial charge in [-0.1, -0.05) is 11.6 Å². The number of allylic oxidation sites excluding steroid dienone is 2. The van der Waals surface area contributed by atoms with Gasteiger partial charge in [-0.2, -0.15) is 0 Å². The summed E-state index contributed by atoms with van der Waals surface area (Å²) < 4.78 is 0. The maximum Gasteiger partial charge on any atom is 0.130 e. The Bertz CT molecular complexity index is 271. The van der Waals surface area contributed by atoms with E-state index in [0.29, 0.717) is 5.16 Å². The summed E-state index contributed by atoms with van der Waals surface area (Å²) in [4.78, 5) is 7.86. The van der Waals surface area contributed by atoms with Crippen LogP contribution in [0.4, 0.5) is 0 Å². The second kappa shape index (κ2) is 1.54. The molecule has 0 amide bonds. The molecule has 0 aromatic rings. The molecule has 0 bridgehead atoms. The van der Waals surface area contributed by atoms with E-state index in [0.717, 1.165) is 11.3 Å². The van der Waals surface area contributed by atoms with Crippen molar-refractivity contribution in [2.45, 2.75) is 0 Å². The molecule has 0 radical (unpaired) electrons. The fraction of sp³-hybridized carbons (Fsp3) is 0. The second-order valence-corrected chi connectivity index (χ2v) is 2.21. The molecule has 2 heterocycles. The minimum atomic E-state index is 0.544. The third-order valence-corrected chi connectivity index (χ3v) is 1.40. The number of aliphatic imine (C=N–C) groups is 2. The lowest BCUT2D eigenvalue weighted by Gasteiger charge is -1.79. The Kier molecular flexibility index (Phi) is 0.848. The van der Waals surface area contributed by atoms with Crippen molar-refractivity contribution in [1.29, 1.82) is 0 Å². The highest BCUT2D eigenvalue weighted by molar-refractivity contribution is 6.45. The molecule has 9 heavy (non-hydrogen) atoms. The zero-order valence-corrected chi connectivity index (χ0v) is 5.26. The Hall–Kier alpha value is -0.890. The van der Waals surface area contributed by atoms with Gasteiger partial charge in [0.25, 0.3) is 0 Å². The number of hydrogen-bond acceptors (Lipinski definition) is 2.